The molecule has 2 aliphatic rings. The van der Waals surface area contributed by atoms with Crippen molar-refractivity contribution < 1.29 is 0 Å². The zero-order chi connectivity index (χ0) is 33.6. The first kappa shape index (κ1) is 34.7. The molecule has 0 unspecified atom stereocenters. The normalized spacial score (nSPS) is 15.7. The van der Waals surface area contributed by atoms with Crippen molar-refractivity contribution in [1.82, 2.24) is 4.90 Å². The first-order valence-corrected chi connectivity index (χ1v) is 16.5. The maximum absolute atomic E-state index is 4.77. The van der Waals surface area contributed by atoms with Gasteiger partial charge < -0.3 is 9.80 Å². The molecule has 3 heteroatoms. The molecule has 47 heavy (non-hydrogen) atoms. The van der Waals surface area contributed by atoms with E-state index < -0.39 is 0 Å². The Morgan fingerprint density at radius 1 is 0.936 bits per heavy atom. The number of aliphatic imine (C=N–C) groups is 1. The van der Waals surface area contributed by atoms with Crippen molar-refractivity contribution >= 4 is 23.3 Å². The topological polar surface area (TPSA) is 18.8 Å². The van der Waals surface area contributed by atoms with Crippen molar-refractivity contribution in [2.75, 3.05) is 18.5 Å². The predicted octanol–water partition coefficient (Wildman–Crippen LogP) is 12.0. The summed E-state index contributed by atoms with van der Waals surface area (Å²) in [5.74, 6) is 0. The molecule has 0 radical (unpaired) electrons. The summed E-state index contributed by atoms with van der Waals surface area (Å²) < 4.78 is 0. The van der Waals surface area contributed by atoms with Crippen LogP contribution in [0.3, 0.4) is 0 Å². The number of allylic oxidation sites excluding steroid dienone is 16. The zero-order valence-corrected chi connectivity index (χ0v) is 28.6. The molecule has 2 aromatic rings. The fourth-order valence-electron chi connectivity index (χ4n) is 5.90. The zero-order valence-electron chi connectivity index (χ0n) is 28.6. The third-order valence-corrected chi connectivity index (χ3v) is 8.46. The average Bonchev–Trinajstić information content (AvgIpc) is 3.10. The van der Waals surface area contributed by atoms with E-state index in [1.807, 2.05) is 67.8 Å². The van der Waals surface area contributed by atoms with Crippen LogP contribution < -0.4 is 4.90 Å². The summed E-state index contributed by atoms with van der Waals surface area (Å²) in [6.07, 6.45) is 29.4. The molecule has 0 N–H and O–H groups in total. The molecule has 240 valence electrons. The molecule has 0 bridgehead atoms. The van der Waals surface area contributed by atoms with Crippen LogP contribution in [-0.2, 0) is 0 Å². The molecular weight excluding hydrogens is 571 g/mol. The molecule has 3 nitrogen and oxygen atoms in total. The third kappa shape index (κ3) is 9.20. The number of nitrogens with zero attached hydrogens (tertiary/aromatic N) is 3. The minimum atomic E-state index is 0.719. The van der Waals surface area contributed by atoms with Crippen LogP contribution in [0.25, 0.3) is 0 Å². The number of hydrogen-bond donors (Lipinski definition) is 0. The van der Waals surface area contributed by atoms with Gasteiger partial charge in [-0.05, 0) is 116 Å². The van der Waals surface area contributed by atoms with E-state index in [0.29, 0.717) is 0 Å². The van der Waals surface area contributed by atoms with Gasteiger partial charge in [-0.15, -0.1) is 6.58 Å². The summed E-state index contributed by atoms with van der Waals surface area (Å²) in [5.41, 5.74) is 12.4. The van der Waals surface area contributed by atoms with Gasteiger partial charge in [0.05, 0.1) is 11.4 Å². The molecule has 0 spiro atoms. The number of para-hydroxylation sites is 3. The van der Waals surface area contributed by atoms with Crippen LogP contribution in [0.5, 0.6) is 0 Å². The molecule has 0 saturated heterocycles. The maximum Gasteiger partial charge on any atom is 0.0866 e. The third-order valence-electron chi connectivity index (χ3n) is 8.46. The minimum absolute atomic E-state index is 0.719. The van der Waals surface area contributed by atoms with Gasteiger partial charge in [-0.25, -0.2) is 0 Å². The van der Waals surface area contributed by atoms with Crippen molar-refractivity contribution in [2.24, 2.45) is 4.99 Å². The smallest absolute Gasteiger partial charge is 0.0866 e. The molecule has 2 aromatic carbocycles. The van der Waals surface area contributed by atoms with E-state index in [1.165, 1.54) is 16.8 Å². The lowest BCUT2D eigenvalue weighted by Gasteiger charge is -2.33. The van der Waals surface area contributed by atoms with E-state index in [0.717, 1.165) is 77.3 Å². The molecule has 0 heterocycles. The van der Waals surface area contributed by atoms with Gasteiger partial charge >= 0.3 is 0 Å². The van der Waals surface area contributed by atoms with Gasteiger partial charge in [0.25, 0.3) is 0 Å². The molecule has 0 aliphatic heterocycles. The highest BCUT2D eigenvalue weighted by molar-refractivity contribution is 5.81. The number of rotatable bonds is 14. The molecule has 0 aromatic heterocycles. The van der Waals surface area contributed by atoms with Crippen LogP contribution in [0, 0.1) is 0 Å². The standard InChI is InChI=1S/C44H49N3/c1-8-21-38(23-19-20-31-45-42-28-16-18-30-44(42)46(7)39-24-11-10-12-25-39)35(4)33-36(5)40-26-14-15-27-41(40)37(6)47(32-9-2)43-29-17-13-22-34(43)3/h8-12,14,16-21,23-26,28-31,33H,2,5-6,13,15,22,27,32H2,1,3-4,7H3/b20-19+,21-8-,35-33+,38-23+,45-31?. The Hall–Kier alpha value is -5.15. The molecule has 0 fully saturated rings. The van der Waals surface area contributed by atoms with Crippen molar-refractivity contribution in [3.8, 4) is 0 Å². The predicted molar refractivity (Wildman–Crippen MR) is 207 cm³/mol. The lowest BCUT2D eigenvalue weighted by atomic mass is 9.88. The molecule has 0 saturated carbocycles. The first-order chi connectivity index (χ1) is 22.8. The van der Waals surface area contributed by atoms with E-state index in [4.69, 9.17) is 4.99 Å². The Bertz CT molecular complexity index is 1730. The van der Waals surface area contributed by atoms with Crippen LogP contribution >= 0.6 is 0 Å². The fraction of sp³-hybridized carbons (Fsp3) is 0.205. The van der Waals surface area contributed by atoms with Crippen LogP contribution in [0.4, 0.5) is 17.1 Å². The quantitative estimate of drug-likeness (QED) is 0.119. The molecular formula is C44H49N3. The molecule has 2 aliphatic carbocycles. The second-order valence-electron chi connectivity index (χ2n) is 11.8. The number of benzene rings is 2. The van der Waals surface area contributed by atoms with E-state index in [-0.39, 0.29) is 0 Å². The van der Waals surface area contributed by atoms with Crippen LogP contribution in [0.2, 0.25) is 0 Å². The van der Waals surface area contributed by atoms with Gasteiger partial charge in [-0.1, -0.05) is 98.2 Å². The van der Waals surface area contributed by atoms with Crippen LogP contribution in [0.1, 0.15) is 46.5 Å². The van der Waals surface area contributed by atoms with E-state index >= 15 is 0 Å². The molecule has 4 rings (SSSR count). The highest BCUT2D eigenvalue weighted by Crippen LogP contribution is 2.35. The first-order valence-electron chi connectivity index (χ1n) is 16.5. The van der Waals surface area contributed by atoms with Crippen molar-refractivity contribution in [3.05, 3.63) is 186 Å². The summed E-state index contributed by atoms with van der Waals surface area (Å²) in [5, 5.41) is 0. The summed E-state index contributed by atoms with van der Waals surface area (Å²) in [4.78, 5) is 9.24. The SMILES string of the molecule is C=CCN(C(=C)C1=C(C(=C)/C=C(C)/C(/C=C\C)=C/C=C/C=Nc2ccccc2N(C)c2ccccc2)C=CCC1)C1=C(C)CCC=C1. The second-order valence-corrected chi connectivity index (χ2v) is 11.8. The number of hydrogen-bond acceptors (Lipinski definition) is 3. The van der Waals surface area contributed by atoms with Gasteiger partial charge in [0, 0.05) is 36.9 Å². The highest BCUT2D eigenvalue weighted by atomic mass is 15.1. The largest absolute Gasteiger partial charge is 0.343 e. The van der Waals surface area contributed by atoms with Crippen molar-refractivity contribution in [2.45, 2.75) is 46.5 Å². The Morgan fingerprint density at radius 2 is 1.66 bits per heavy atom. The second kappa shape index (κ2) is 17.5. The lowest BCUT2D eigenvalue weighted by molar-refractivity contribution is 0.481. The Morgan fingerprint density at radius 3 is 2.40 bits per heavy atom. The van der Waals surface area contributed by atoms with Crippen molar-refractivity contribution in [1.29, 1.82) is 0 Å². The van der Waals surface area contributed by atoms with Gasteiger partial charge in [-0.3, -0.25) is 4.99 Å². The summed E-state index contributed by atoms with van der Waals surface area (Å²) in [6, 6.07) is 18.5. The summed E-state index contributed by atoms with van der Waals surface area (Å²) in [6.45, 7) is 20.3. The van der Waals surface area contributed by atoms with E-state index in [2.05, 4.69) is 117 Å². The fourth-order valence-corrected chi connectivity index (χ4v) is 5.90. The van der Waals surface area contributed by atoms with Gasteiger partial charge in [0.15, 0.2) is 0 Å². The maximum atomic E-state index is 4.77. The average molecular weight is 620 g/mol. The molecule has 0 atom stereocenters. The summed E-state index contributed by atoms with van der Waals surface area (Å²) in [7, 11) is 2.07. The summed E-state index contributed by atoms with van der Waals surface area (Å²) >= 11 is 0. The van der Waals surface area contributed by atoms with E-state index in [9.17, 15) is 0 Å². The van der Waals surface area contributed by atoms with Crippen molar-refractivity contribution in [3.63, 3.8) is 0 Å². The Kier molecular flexibility index (Phi) is 12.9. The van der Waals surface area contributed by atoms with E-state index in [1.54, 1.807) is 0 Å². The van der Waals surface area contributed by atoms with Gasteiger partial charge in [-0.2, -0.15) is 0 Å². The molecule has 0 amide bonds. The minimum Gasteiger partial charge on any atom is -0.343 e. The highest BCUT2D eigenvalue weighted by Gasteiger charge is 2.21. The van der Waals surface area contributed by atoms with Gasteiger partial charge in [0.1, 0.15) is 0 Å². The monoisotopic (exact) mass is 619 g/mol. The lowest BCUT2D eigenvalue weighted by Crippen LogP contribution is -2.25. The van der Waals surface area contributed by atoms with Gasteiger partial charge in [0.2, 0.25) is 0 Å². The Balaban J connectivity index is 1.55. The van der Waals surface area contributed by atoms with Crippen LogP contribution in [-0.4, -0.2) is 24.7 Å². The van der Waals surface area contributed by atoms with Crippen LogP contribution in [0.15, 0.2) is 191 Å². The Labute approximate surface area is 283 Å². The number of anilines is 2.